The van der Waals surface area contributed by atoms with E-state index in [9.17, 15) is 0 Å². The molecule has 7 heteroatoms. The van der Waals surface area contributed by atoms with Crippen LogP contribution >= 0.6 is 24.0 Å². The van der Waals surface area contributed by atoms with Crippen LogP contribution in [0.5, 0.6) is 0 Å². The lowest BCUT2D eigenvalue weighted by Gasteiger charge is -2.37. The Labute approximate surface area is 164 Å². The molecular formula is C17H35IN4O2. The van der Waals surface area contributed by atoms with E-state index in [1.807, 2.05) is 7.05 Å². The summed E-state index contributed by atoms with van der Waals surface area (Å²) in [4.78, 5) is 9.29. The number of hydrogen-bond acceptors (Lipinski definition) is 4. The molecule has 2 heterocycles. The Morgan fingerprint density at radius 1 is 1.29 bits per heavy atom. The molecule has 0 bridgehead atoms. The van der Waals surface area contributed by atoms with Gasteiger partial charge in [0.15, 0.2) is 5.96 Å². The van der Waals surface area contributed by atoms with E-state index >= 15 is 0 Å². The number of rotatable bonds is 7. The summed E-state index contributed by atoms with van der Waals surface area (Å²) in [5.74, 6) is 1.73. The number of guanidine groups is 1. The van der Waals surface area contributed by atoms with Gasteiger partial charge in [-0.25, -0.2) is 0 Å². The van der Waals surface area contributed by atoms with Crippen LogP contribution in [0.2, 0.25) is 0 Å². The third kappa shape index (κ3) is 7.84. The van der Waals surface area contributed by atoms with Gasteiger partial charge in [0.2, 0.25) is 0 Å². The summed E-state index contributed by atoms with van der Waals surface area (Å²) < 4.78 is 11.2. The highest BCUT2D eigenvalue weighted by molar-refractivity contribution is 14.0. The maximum atomic E-state index is 5.69. The van der Waals surface area contributed by atoms with E-state index in [2.05, 4.69) is 34.0 Å². The molecule has 0 aliphatic carbocycles. The van der Waals surface area contributed by atoms with Gasteiger partial charge in [-0.3, -0.25) is 9.89 Å². The van der Waals surface area contributed by atoms with E-state index in [1.54, 1.807) is 0 Å². The zero-order valence-electron chi connectivity index (χ0n) is 15.5. The fraction of sp³-hybridized carbons (Fsp3) is 0.941. The molecule has 2 aliphatic heterocycles. The molecule has 1 unspecified atom stereocenters. The SMILES string of the molecule is CN=C(NCCOCC1CCCO1)N1CCN(CC(C)C)CC1.I. The maximum Gasteiger partial charge on any atom is 0.193 e. The van der Waals surface area contributed by atoms with Crippen molar-refractivity contribution in [2.75, 3.05) is 66.1 Å². The minimum absolute atomic E-state index is 0. The Hall–Kier alpha value is -0.120. The highest BCUT2D eigenvalue weighted by atomic mass is 127. The highest BCUT2D eigenvalue weighted by Gasteiger charge is 2.20. The normalized spacial score (nSPS) is 22.8. The van der Waals surface area contributed by atoms with Gasteiger partial charge in [-0.05, 0) is 18.8 Å². The van der Waals surface area contributed by atoms with Gasteiger partial charge in [-0.1, -0.05) is 13.8 Å². The summed E-state index contributed by atoms with van der Waals surface area (Å²) in [6.45, 7) is 13.2. The summed E-state index contributed by atoms with van der Waals surface area (Å²) in [7, 11) is 1.86. The van der Waals surface area contributed by atoms with E-state index in [0.29, 0.717) is 19.3 Å². The van der Waals surface area contributed by atoms with E-state index in [1.165, 1.54) is 13.0 Å². The second-order valence-corrected chi connectivity index (χ2v) is 6.87. The van der Waals surface area contributed by atoms with Crippen LogP contribution in [0.15, 0.2) is 4.99 Å². The van der Waals surface area contributed by atoms with Crippen LogP contribution in [0.25, 0.3) is 0 Å². The van der Waals surface area contributed by atoms with Crippen molar-refractivity contribution < 1.29 is 9.47 Å². The zero-order chi connectivity index (χ0) is 16.5. The third-order valence-electron chi connectivity index (χ3n) is 4.36. The number of nitrogens with one attached hydrogen (secondary N) is 1. The summed E-state index contributed by atoms with van der Waals surface area (Å²) in [6.07, 6.45) is 2.61. The molecule has 142 valence electrons. The Morgan fingerprint density at radius 2 is 2.04 bits per heavy atom. The first-order valence-corrected chi connectivity index (χ1v) is 9.06. The monoisotopic (exact) mass is 454 g/mol. The zero-order valence-corrected chi connectivity index (χ0v) is 17.8. The lowest BCUT2D eigenvalue weighted by atomic mass is 10.2. The predicted octanol–water partition coefficient (Wildman–Crippen LogP) is 1.65. The highest BCUT2D eigenvalue weighted by Crippen LogP contribution is 2.11. The van der Waals surface area contributed by atoms with Crippen LogP contribution in [0, 0.1) is 5.92 Å². The van der Waals surface area contributed by atoms with Crippen LogP contribution in [0.1, 0.15) is 26.7 Å². The molecule has 2 saturated heterocycles. The van der Waals surface area contributed by atoms with Crippen LogP contribution in [0.4, 0.5) is 0 Å². The van der Waals surface area contributed by atoms with E-state index in [-0.39, 0.29) is 24.0 Å². The summed E-state index contributed by atoms with van der Waals surface area (Å²) in [5.41, 5.74) is 0. The largest absolute Gasteiger partial charge is 0.377 e. The van der Waals surface area contributed by atoms with E-state index in [0.717, 1.165) is 57.6 Å². The molecule has 24 heavy (non-hydrogen) atoms. The van der Waals surface area contributed by atoms with Gasteiger partial charge in [-0.15, -0.1) is 24.0 Å². The fourth-order valence-corrected chi connectivity index (χ4v) is 3.22. The first kappa shape index (κ1) is 21.9. The molecule has 1 N–H and O–H groups in total. The number of ether oxygens (including phenoxy) is 2. The average Bonchev–Trinajstić information content (AvgIpc) is 3.05. The van der Waals surface area contributed by atoms with Crippen LogP contribution in [-0.4, -0.2) is 88.0 Å². The summed E-state index contributed by atoms with van der Waals surface area (Å²) in [5, 5.41) is 3.41. The van der Waals surface area contributed by atoms with E-state index < -0.39 is 0 Å². The van der Waals surface area contributed by atoms with Gasteiger partial charge < -0.3 is 19.7 Å². The van der Waals surface area contributed by atoms with Crippen molar-refractivity contribution in [3.8, 4) is 0 Å². The fourth-order valence-electron chi connectivity index (χ4n) is 3.22. The molecule has 0 aromatic heterocycles. The minimum atomic E-state index is 0. The molecule has 2 fully saturated rings. The van der Waals surface area contributed by atoms with Crippen LogP contribution < -0.4 is 5.32 Å². The molecule has 2 rings (SSSR count). The topological polar surface area (TPSA) is 49.3 Å². The van der Waals surface area contributed by atoms with Crippen molar-refractivity contribution in [1.29, 1.82) is 0 Å². The standard InChI is InChI=1S/C17H34N4O2.HI/c1-15(2)13-20-7-9-21(10-8-20)17(18-3)19-6-12-22-14-16-5-4-11-23-16;/h15-16H,4-14H2,1-3H3,(H,18,19);1H. The maximum absolute atomic E-state index is 5.69. The predicted molar refractivity (Wildman–Crippen MR) is 109 cm³/mol. The molecule has 0 aromatic rings. The van der Waals surface area contributed by atoms with Crippen LogP contribution in [-0.2, 0) is 9.47 Å². The Morgan fingerprint density at radius 3 is 2.62 bits per heavy atom. The Balaban J connectivity index is 0.00000288. The molecule has 6 nitrogen and oxygen atoms in total. The second-order valence-electron chi connectivity index (χ2n) is 6.87. The lowest BCUT2D eigenvalue weighted by Crippen LogP contribution is -2.53. The number of nitrogens with zero attached hydrogens (tertiary/aromatic N) is 3. The molecular weight excluding hydrogens is 419 g/mol. The average molecular weight is 454 g/mol. The van der Waals surface area contributed by atoms with Gasteiger partial charge in [0.1, 0.15) is 0 Å². The Bertz CT molecular complexity index is 354. The molecule has 0 amide bonds. The molecule has 1 atom stereocenters. The van der Waals surface area contributed by atoms with Gasteiger partial charge in [0, 0.05) is 52.9 Å². The number of aliphatic imine (C=N–C) groups is 1. The molecule has 2 aliphatic rings. The third-order valence-corrected chi connectivity index (χ3v) is 4.36. The number of hydrogen-bond donors (Lipinski definition) is 1. The lowest BCUT2D eigenvalue weighted by molar-refractivity contribution is 0.0189. The smallest absolute Gasteiger partial charge is 0.193 e. The van der Waals surface area contributed by atoms with Gasteiger partial charge >= 0.3 is 0 Å². The van der Waals surface area contributed by atoms with Crippen molar-refractivity contribution in [1.82, 2.24) is 15.1 Å². The molecule has 0 aromatic carbocycles. The summed E-state index contributed by atoms with van der Waals surface area (Å²) >= 11 is 0. The number of piperazine rings is 1. The van der Waals surface area contributed by atoms with E-state index in [4.69, 9.17) is 9.47 Å². The molecule has 0 saturated carbocycles. The molecule has 0 radical (unpaired) electrons. The van der Waals surface area contributed by atoms with Crippen molar-refractivity contribution in [2.45, 2.75) is 32.8 Å². The van der Waals surface area contributed by atoms with Crippen molar-refractivity contribution >= 4 is 29.9 Å². The second kappa shape index (κ2) is 12.3. The molecule has 0 spiro atoms. The van der Waals surface area contributed by atoms with Crippen LogP contribution in [0.3, 0.4) is 0 Å². The first-order valence-electron chi connectivity index (χ1n) is 9.06. The minimum Gasteiger partial charge on any atom is -0.377 e. The van der Waals surface area contributed by atoms with Crippen molar-refractivity contribution in [3.05, 3.63) is 0 Å². The van der Waals surface area contributed by atoms with Crippen molar-refractivity contribution in [3.63, 3.8) is 0 Å². The van der Waals surface area contributed by atoms with Crippen molar-refractivity contribution in [2.24, 2.45) is 10.9 Å². The van der Waals surface area contributed by atoms with Gasteiger partial charge in [0.25, 0.3) is 0 Å². The van der Waals surface area contributed by atoms with Gasteiger partial charge in [-0.2, -0.15) is 0 Å². The summed E-state index contributed by atoms with van der Waals surface area (Å²) in [6, 6.07) is 0. The Kier molecular flexibility index (Phi) is 11.2. The number of halogens is 1. The quantitative estimate of drug-likeness (QED) is 0.275. The first-order chi connectivity index (χ1) is 11.2. The van der Waals surface area contributed by atoms with Gasteiger partial charge in [0.05, 0.1) is 19.3 Å².